The van der Waals surface area contributed by atoms with Crippen molar-refractivity contribution in [2.45, 2.75) is 32.2 Å². The molecule has 5 N–H and O–H groups in total. The number of nitrogens with zero attached hydrogens (tertiary/aromatic N) is 1. The normalized spacial score (nSPS) is 22.8. The summed E-state index contributed by atoms with van der Waals surface area (Å²) in [6, 6.07) is -0.146. The first-order chi connectivity index (χ1) is 8.47. The number of carbonyl (C=O) groups is 2. The van der Waals surface area contributed by atoms with E-state index in [0.29, 0.717) is 24.8 Å². The number of guanidine groups is 1. The Kier molecular flexibility index (Phi) is 3.18. The molecule has 0 saturated heterocycles. The van der Waals surface area contributed by atoms with E-state index in [0.717, 1.165) is 11.3 Å². The van der Waals surface area contributed by atoms with Crippen LogP contribution in [0.25, 0.3) is 0 Å². The third-order valence-corrected chi connectivity index (χ3v) is 3.09. The van der Waals surface area contributed by atoms with Crippen molar-refractivity contribution in [2.24, 2.45) is 16.5 Å². The number of ketones is 1. The molecule has 0 aromatic carbocycles. The first kappa shape index (κ1) is 12.3. The molecule has 1 atom stereocenters. The molecule has 96 valence electrons. The number of Topliss-reactive ketones (excluding diaryl/α,β-unsaturated/α-hetero) is 1. The summed E-state index contributed by atoms with van der Waals surface area (Å²) in [7, 11) is 0. The molecule has 2 rings (SSSR count). The summed E-state index contributed by atoms with van der Waals surface area (Å²) in [4.78, 5) is 26.7. The molecule has 2 aliphatic rings. The lowest BCUT2D eigenvalue weighted by Gasteiger charge is -2.28. The third-order valence-electron chi connectivity index (χ3n) is 3.09. The van der Waals surface area contributed by atoms with Crippen molar-refractivity contribution in [1.29, 1.82) is 0 Å². The molecule has 0 fully saturated rings. The van der Waals surface area contributed by atoms with Gasteiger partial charge in [-0.2, -0.15) is 4.99 Å². The van der Waals surface area contributed by atoms with Crippen molar-refractivity contribution in [3.63, 3.8) is 0 Å². The highest BCUT2D eigenvalue weighted by atomic mass is 16.1. The predicted octanol–water partition coefficient (Wildman–Crippen LogP) is -0.288. The average Bonchev–Trinajstić information content (AvgIpc) is 2.27. The molecular formula is C12H16N4O2. The van der Waals surface area contributed by atoms with Crippen molar-refractivity contribution in [2.75, 3.05) is 0 Å². The maximum atomic E-state index is 11.8. The van der Waals surface area contributed by atoms with Gasteiger partial charge >= 0.3 is 0 Å². The molecule has 0 bridgehead atoms. The van der Waals surface area contributed by atoms with E-state index < -0.39 is 5.91 Å². The molecule has 18 heavy (non-hydrogen) atoms. The molecule has 1 amide bonds. The number of nitrogens with one attached hydrogen (secondary N) is 1. The number of carbonyl (C=O) groups excluding carboxylic acids is 2. The van der Waals surface area contributed by atoms with Gasteiger partial charge in [0.2, 0.25) is 0 Å². The van der Waals surface area contributed by atoms with E-state index in [-0.39, 0.29) is 17.8 Å². The third kappa shape index (κ3) is 2.42. The monoisotopic (exact) mass is 248 g/mol. The number of allylic oxidation sites excluding steroid dienone is 3. The second-order valence-electron chi connectivity index (χ2n) is 4.53. The number of amides is 1. The zero-order chi connectivity index (χ0) is 13.3. The van der Waals surface area contributed by atoms with Crippen molar-refractivity contribution in [3.8, 4) is 0 Å². The van der Waals surface area contributed by atoms with Gasteiger partial charge < -0.3 is 16.8 Å². The maximum Gasteiger partial charge on any atom is 0.278 e. The maximum absolute atomic E-state index is 11.8. The summed E-state index contributed by atoms with van der Waals surface area (Å²) in [6.07, 6.45) is 3.37. The van der Waals surface area contributed by atoms with Crippen LogP contribution < -0.4 is 16.8 Å². The number of hydrogen-bond donors (Lipinski definition) is 3. The van der Waals surface area contributed by atoms with Gasteiger partial charge in [0, 0.05) is 24.1 Å². The van der Waals surface area contributed by atoms with Crippen LogP contribution in [-0.4, -0.2) is 23.7 Å². The van der Waals surface area contributed by atoms with Gasteiger partial charge in [0.15, 0.2) is 5.96 Å². The quantitative estimate of drug-likeness (QED) is 0.436. The second kappa shape index (κ2) is 4.64. The second-order valence-corrected chi connectivity index (χ2v) is 4.53. The Labute approximate surface area is 105 Å². The molecular weight excluding hydrogens is 232 g/mol. The topological polar surface area (TPSA) is 111 Å². The fraction of sp³-hybridized carbons (Fsp3) is 0.417. The number of dihydropyridines is 1. The summed E-state index contributed by atoms with van der Waals surface area (Å²) in [5.74, 6) is -0.526. The highest BCUT2D eigenvalue weighted by Crippen LogP contribution is 2.28. The highest BCUT2D eigenvalue weighted by molar-refractivity contribution is 6.03. The van der Waals surface area contributed by atoms with E-state index in [1.807, 2.05) is 6.92 Å². The van der Waals surface area contributed by atoms with Crippen molar-refractivity contribution in [3.05, 3.63) is 22.9 Å². The molecule has 0 aromatic rings. The molecule has 1 aliphatic heterocycles. The number of nitrogens with two attached hydrogens (primary N) is 2. The van der Waals surface area contributed by atoms with Crippen LogP contribution in [0.15, 0.2) is 27.9 Å². The van der Waals surface area contributed by atoms with Crippen LogP contribution in [0.2, 0.25) is 0 Å². The van der Waals surface area contributed by atoms with Crippen LogP contribution in [0, 0.1) is 0 Å². The molecule has 0 aromatic heterocycles. The van der Waals surface area contributed by atoms with E-state index in [1.54, 1.807) is 6.08 Å². The number of aliphatic imine (C=N–C) groups is 1. The highest BCUT2D eigenvalue weighted by Gasteiger charge is 2.27. The van der Waals surface area contributed by atoms with Crippen molar-refractivity contribution in [1.82, 2.24) is 5.32 Å². The summed E-state index contributed by atoms with van der Waals surface area (Å²) in [5.41, 5.74) is 12.8. The first-order valence-corrected chi connectivity index (χ1v) is 5.83. The van der Waals surface area contributed by atoms with Crippen molar-refractivity contribution < 1.29 is 9.59 Å². The van der Waals surface area contributed by atoms with Gasteiger partial charge in [0.05, 0.1) is 6.04 Å². The zero-order valence-corrected chi connectivity index (χ0v) is 10.2. The number of rotatable bonds is 1. The summed E-state index contributed by atoms with van der Waals surface area (Å²) in [6.45, 7) is 1.87. The molecule has 6 heteroatoms. The lowest BCUT2D eigenvalue weighted by atomic mass is 9.88. The summed E-state index contributed by atoms with van der Waals surface area (Å²) >= 11 is 0. The van der Waals surface area contributed by atoms with E-state index in [9.17, 15) is 9.59 Å². The van der Waals surface area contributed by atoms with Gasteiger partial charge in [0.1, 0.15) is 5.78 Å². The fourth-order valence-electron chi connectivity index (χ4n) is 2.22. The zero-order valence-electron chi connectivity index (χ0n) is 10.2. The SMILES string of the molecule is CC1NC2=C(C=C1C(=O)N=C(N)N)CC(=O)CC2. The molecule has 1 aliphatic carbocycles. The Morgan fingerprint density at radius 3 is 2.83 bits per heavy atom. The van der Waals surface area contributed by atoms with E-state index in [1.165, 1.54) is 0 Å². The van der Waals surface area contributed by atoms with Crippen LogP contribution in [-0.2, 0) is 9.59 Å². The molecule has 1 heterocycles. The Morgan fingerprint density at radius 2 is 2.17 bits per heavy atom. The Balaban J connectivity index is 2.31. The van der Waals surface area contributed by atoms with Crippen LogP contribution >= 0.6 is 0 Å². The van der Waals surface area contributed by atoms with E-state index in [4.69, 9.17) is 11.5 Å². The predicted molar refractivity (Wildman–Crippen MR) is 67.4 cm³/mol. The largest absolute Gasteiger partial charge is 0.381 e. The van der Waals surface area contributed by atoms with Crippen molar-refractivity contribution >= 4 is 17.6 Å². The molecule has 1 unspecified atom stereocenters. The molecule has 0 spiro atoms. The van der Waals surface area contributed by atoms with E-state index in [2.05, 4.69) is 10.3 Å². The molecule has 6 nitrogen and oxygen atoms in total. The molecule has 0 saturated carbocycles. The van der Waals surface area contributed by atoms with Crippen LogP contribution in [0.1, 0.15) is 26.2 Å². The van der Waals surface area contributed by atoms with Crippen LogP contribution in [0.5, 0.6) is 0 Å². The van der Waals surface area contributed by atoms with Gasteiger partial charge in [-0.3, -0.25) is 9.59 Å². The van der Waals surface area contributed by atoms with Gasteiger partial charge in [-0.25, -0.2) is 0 Å². The van der Waals surface area contributed by atoms with Crippen LogP contribution in [0.4, 0.5) is 0 Å². The lowest BCUT2D eigenvalue weighted by Crippen LogP contribution is -2.36. The van der Waals surface area contributed by atoms with Gasteiger partial charge in [0.25, 0.3) is 5.91 Å². The minimum absolute atomic E-state index is 0.146. The minimum Gasteiger partial charge on any atom is -0.381 e. The van der Waals surface area contributed by atoms with E-state index >= 15 is 0 Å². The molecule has 0 radical (unpaired) electrons. The lowest BCUT2D eigenvalue weighted by molar-refractivity contribution is -0.119. The first-order valence-electron chi connectivity index (χ1n) is 5.83. The van der Waals surface area contributed by atoms with Crippen LogP contribution in [0.3, 0.4) is 0 Å². The standard InChI is InChI=1S/C12H16N4O2/c1-6-9(11(18)16-12(13)14)5-7-4-8(17)2-3-10(7)15-6/h5-6,15H,2-4H2,1H3,(H4,13,14,16,18). The average molecular weight is 248 g/mol. The summed E-state index contributed by atoms with van der Waals surface area (Å²) < 4.78 is 0. The smallest absolute Gasteiger partial charge is 0.278 e. The van der Waals surface area contributed by atoms with Gasteiger partial charge in [-0.15, -0.1) is 0 Å². The van der Waals surface area contributed by atoms with Gasteiger partial charge in [-0.05, 0) is 25.0 Å². The number of hydrogen-bond acceptors (Lipinski definition) is 3. The van der Waals surface area contributed by atoms with Gasteiger partial charge in [-0.1, -0.05) is 0 Å². The fourth-order valence-corrected chi connectivity index (χ4v) is 2.22. The summed E-state index contributed by atoms with van der Waals surface area (Å²) in [5, 5.41) is 3.23. The minimum atomic E-state index is -0.459. The Bertz CT molecular complexity index is 498. The Morgan fingerprint density at radius 1 is 1.44 bits per heavy atom. The Hall–Kier alpha value is -2.11.